The molecule has 0 rings (SSSR count). The predicted octanol–water partition coefficient (Wildman–Crippen LogP) is -1.56. The largest absolute Gasteiger partial charge is 0.741 e. The van der Waals surface area contributed by atoms with Crippen LogP contribution >= 0.6 is 0 Å². The van der Waals surface area contributed by atoms with E-state index in [0.29, 0.717) is 0 Å². The first-order valence-corrected chi connectivity index (χ1v) is 4.43. The predicted molar refractivity (Wildman–Crippen MR) is 38.2 cm³/mol. The molecular formula is C4H8F3N3O3S. The van der Waals surface area contributed by atoms with Gasteiger partial charge in [0, 0.05) is 0 Å². The summed E-state index contributed by atoms with van der Waals surface area (Å²) in [5.74, 6) is 0. The molecule has 14 heavy (non-hydrogen) atoms. The first kappa shape index (κ1) is 15.5. The van der Waals surface area contributed by atoms with Gasteiger partial charge in [0.05, 0.1) is 14.1 Å². The summed E-state index contributed by atoms with van der Waals surface area (Å²) >= 11 is 0. The minimum atomic E-state index is -6.09. The summed E-state index contributed by atoms with van der Waals surface area (Å²) in [6, 6.07) is 0. The molecule has 0 saturated heterocycles. The highest BCUT2D eigenvalue weighted by Crippen LogP contribution is 2.20. The Morgan fingerprint density at radius 3 is 1.71 bits per heavy atom. The summed E-state index contributed by atoms with van der Waals surface area (Å²) in [7, 11) is -2.37. The molecule has 0 bridgehead atoms. The van der Waals surface area contributed by atoms with Gasteiger partial charge in [-0.1, -0.05) is 0 Å². The molecule has 0 aromatic heterocycles. The fraction of sp³-hybridized carbons (Fsp3) is 0.750. The van der Waals surface area contributed by atoms with Crippen molar-refractivity contribution in [2.45, 2.75) is 5.51 Å². The average Bonchev–Trinajstić information content (AvgIpc) is 1.82. The number of quaternary nitrogens is 1. The number of alkyl halides is 3. The standard InChI is InChI=1S/C3H7N3.CHF3O3S/c1-6(2)3-5-4;2-1(3,4)8(5,6)7/h3H,1-2H3;(H,5,6,7). The van der Waals surface area contributed by atoms with Crippen LogP contribution in [0.3, 0.4) is 0 Å². The lowest BCUT2D eigenvalue weighted by molar-refractivity contribution is -0.761. The molecule has 6 nitrogen and oxygen atoms in total. The van der Waals surface area contributed by atoms with Crippen LogP contribution in [0.15, 0.2) is 0 Å². The van der Waals surface area contributed by atoms with Crippen LogP contribution in [0.1, 0.15) is 0 Å². The van der Waals surface area contributed by atoms with Crippen LogP contribution in [-0.4, -0.2) is 43.7 Å². The van der Waals surface area contributed by atoms with Gasteiger partial charge in [-0.25, -0.2) is 13.3 Å². The van der Waals surface area contributed by atoms with Crippen LogP contribution in [0.25, 0.3) is 5.53 Å². The Kier molecular flexibility index (Phi) is 6.32. The summed E-state index contributed by atoms with van der Waals surface area (Å²) in [6.07, 6.45) is 1.39. The Balaban J connectivity index is 0. The van der Waals surface area contributed by atoms with Crippen LogP contribution in [0, 0.1) is 0 Å². The van der Waals surface area contributed by atoms with Crippen molar-refractivity contribution < 1.29 is 35.8 Å². The summed E-state index contributed by atoms with van der Waals surface area (Å²) in [6.45, 7) is 0. The fourth-order valence-corrected chi connectivity index (χ4v) is 0.115. The van der Waals surface area contributed by atoms with E-state index < -0.39 is 15.6 Å². The van der Waals surface area contributed by atoms with Crippen molar-refractivity contribution in [1.82, 2.24) is 0 Å². The summed E-state index contributed by atoms with van der Waals surface area (Å²) in [5.41, 5.74) is 2.14. The van der Waals surface area contributed by atoms with Gasteiger partial charge in [-0.05, 0) is 0 Å². The van der Waals surface area contributed by atoms with Crippen molar-refractivity contribution in [1.29, 1.82) is 0 Å². The summed E-state index contributed by atoms with van der Waals surface area (Å²) in [4.78, 5) is 3.77. The van der Waals surface area contributed by atoms with Gasteiger partial charge in [-0.3, -0.25) is 0 Å². The number of hydrogen-bond acceptors (Lipinski definition) is 3. The van der Waals surface area contributed by atoms with Gasteiger partial charge < -0.3 is 10.1 Å². The molecule has 0 aliphatic heterocycles. The maximum absolute atomic E-state index is 10.7. The molecule has 0 spiro atoms. The van der Waals surface area contributed by atoms with Crippen molar-refractivity contribution in [2.24, 2.45) is 0 Å². The fourth-order valence-electron chi connectivity index (χ4n) is 0.115. The lowest BCUT2D eigenvalue weighted by Gasteiger charge is -2.08. The minimum absolute atomic E-state index is 0.998. The number of rotatable bonds is 1. The van der Waals surface area contributed by atoms with E-state index in [1.807, 2.05) is 14.1 Å². The minimum Gasteiger partial charge on any atom is -0.741 e. The Morgan fingerprint density at radius 1 is 1.43 bits per heavy atom. The zero-order chi connectivity index (χ0) is 12.0. The van der Waals surface area contributed by atoms with E-state index in [4.69, 9.17) is 18.5 Å². The van der Waals surface area contributed by atoms with E-state index >= 15 is 0 Å². The van der Waals surface area contributed by atoms with Crippen molar-refractivity contribution in [3.8, 4) is 0 Å². The molecule has 0 aliphatic carbocycles. The van der Waals surface area contributed by atoms with E-state index in [9.17, 15) is 13.2 Å². The molecular weight excluding hydrogens is 227 g/mol. The third-order valence-corrected chi connectivity index (χ3v) is 1.17. The van der Waals surface area contributed by atoms with Gasteiger partial charge in [0.1, 0.15) is 0 Å². The highest BCUT2D eigenvalue weighted by Gasteiger charge is 2.36. The van der Waals surface area contributed by atoms with Gasteiger partial charge in [0.25, 0.3) is 0 Å². The molecule has 0 amide bonds. The van der Waals surface area contributed by atoms with Crippen LogP contribution in [0.5, 0.6) is 0 Å². The van der Waals surface area contributed by atoms with Gasteiger partial charge in [0.15, 0.2) is 10.1 Å². The van der Waals surface area contributed by atoms with E-state index in [0.717, 1.165) is 4.90 Å². The molecule has 0 aromatic rings. The number of nitrogens with zero attached hydrogens (tertiary/aromatic N) is 2. The Morgan fingerprint density at radius 2 is 1.71 bits per heavy atom. The molecule has 0 heterocycles. The van der Waals surface area contributed by atoms with Gasteiger partial charge in [-0.2, -0.15) is 13.2 Å². The number of halogens is 3. The second-order valence-electron chi connectivity index (χ2n) is 2.22. The van der Waals surface area contributed by atoms with E-state index in [-0.39, 0.29) is 0 Å². The highest BCUT2D eigenvalue weighted by molar-refractivity contribution is 7.86. The number of hydrogen-bond donors (Lipinski definition) is 1. The van der Waals surface area contributed by atoms with Gasteiger partial charge in [0.2, 0.25) is 0 Å². The molecule has 84 valence electrons. The Hall–Kier alpha value is -0.960. The van der Waals surface area contributed by atoms with Crippen LogP contribution < -0.4 is 4.90 Å². The maximum atomic E-state index is 10.7. The van der Waals surface area contributed by atoms with E-state index in [1.165, 1.54) is 6.34 Å². The first-order chi connectivity index (χ1) is 6.02. The topological polar surface area (TPSA) is 98.0 Å². The normalized spacial score (nSPS) is 11.4. The molecule has 1 N–H and O–H groups in total. The summed E-state index contributed by atoms with van der Waals surface area (Å²) < 4.78 is 58.9. The van der Waals surface area contributed by atoms with Gasteiger partial charge >= 0.3 is 11.8 Å². The molecule has 0 unspecified atom stereocenters. The monoisotopic (exact) mass is 235 g/mol. The van der Waals surface area contributed by atoms with Crippen LogP contribution in [0.2, 0.25) is 0 Å². The molecule has 0 aliphatic rings. The SMILES string of the molecule is C[NH+](C)C=[N+]=[N-].O=S(=O)([O-])C(F)(F)F. The second kappa shape index (κ2) is 5.70. The third-order valence-electron chi connectivity index (χ3n) is 0.599. The second-order valence-corrected chi connectivity index (χ2v) is 3.59. The molecule has 0 fully saturated rings. The smallest absolute Gasteiger partial charge is 0.485 e. The Labute approximate surface area is 78.3 Å². The highest BCUT2D eigenvalue weighted by atomic mass is 32.2. The lowest BCUT2D eigenvalue weighted by Crippen LogP contribution is -3.04. The summed E-state index contributed by atoms with van der Waals surface area (Å²) in [5, 5.41) is 0. The van der Waals surface area contributed by atoms with Crippen molar-refractivity contribution in [3.63, 3.8) is 0 Å². The molecule has 0 aromatic carbocycles. The average molecular weight is 235 g/mol. The van der Waals surface area contributed by atoms with E-state index in [2.05, 4.69) is 4.79 Å². The zero-order valence-corrected chi connectivity index (χ0v) is 8.06. The molecule has 10 heteroatoms. The molecule has 0 saturated carbocycles. The number of nitrogens with one attached hydrogen (secondary N) is 1. The first-order valence-electron chi connectivity index (χ1n) is 3.02. The quantitative estimate of drug-likeness (QED) is 0.149. The maximum Gasteiger partial charge on any atom is 0.485 e. The van der Waals surface area contributed by atoms with Gasteiger partial charge in [-0.15, -0.1) is 4.79 Å². The van der Waals surface area contributed by atoms with Crippen molar-refractivity contribution in [2.75, 3.05) is 14.1 Å². The van der Waals surface area contributed by atoms with Crippen LogP contribution in [-0.2, 0) is 10.1 Å². The third kappa shape index (κ3) is 9.13. The lowest BCUT2D eigenvalue weighted by atomic mass is 11.0. The molecule has 0 radical (unpaired) electrons. The zero-order valence-electron chi connectivity index (χ0n) is 7.24. The van der Waals surface area contributed by atoms with Crippen molar-refractivity contribution in [3.05, 3.63) is 5.53 Å². The van der Waals surface area contributed by atoms with E-state index in [1.54, 1.807) is 0 Å². The Bertz CT molecular complexity index is 304. The van der Waals surface area contributed by atoms with Crippen LogP contribution in [0.4, 0.5) is 13.2 Å². The molecule has 0 atom stereocenters. The van der Waals surface area contributed by atoms with Crippen molar-refractivity contribution >= 4 is 16.5 Å².